The highest BCUT2D eigenvalue weighted by molar-refractivity contribution is 5.67. The summed E-state index contributed by atoms with van der Waals surface area (Å²) in [6, 6.07) is 10.7. The van der Waals surface area contributed by atoms with E-state index >= 15 is 0 Å². The third-order valence-electron chi connectivity index (χ3n) is 4.82. The van der Waals surface area contributed by atoms with Gasteiger partial charge in [0.05, 0.1) is 0 Å². The number of amides is 1. The summed E-state index contributed by atoms with van der Waals surface area (Å²) in [4.78, 5) is 14.2. The van der Waals surface area contributed by atoms with E-state index in [9.17, 15) is 4.79 Å². The van der Waals surface area contributed by atoms with Crippen LogP contribution in [0.1, 0.15) is 45.6 Å². The average molecular weight is 376 g/mol. The number of nitrogens with one attached hydrogen (secondary N) is 2. The Kier molecular flexibility index (Phi) is 9.08. The van der Waals surface area contributed by atoms with Crippen molar-refractivity contribution in [3.63, 3.8) is 0 Å². The minimum atomic E-state index is -0.432. The molecule has 1 saturated heterocycles. The van der Waals surface area contributed by atoms with Gasteiger partial charge < -0.3 is 20.3 Å². The fourth-order valence-corrected chi connectivity index (χ4v) is 3.41. The molecule has 5 heteroatoms. The van der Waals surface area contributed by atoms with E-state index in [2.05, 4.69) is 45.9 Å². The SMILES string of the molecule is CC(C)(C)OC(=O)NC[C@H]1CCN(CCNCCCCc2ccccc2)C1. The highest BCUT2D eigenvalue weighted by Crippen LogP contribution is 2.15. The molecule has 1 heterocycles. The fourth-order valence-electron chi connectivity index (χ4n) is 3.41. The van der Waals surface area contributed by atoms with Gasteiger partial charge in [-0.2, -0.15) is 0 Å². The summed E-state index contributed by atoms with van der Waals surface area (Å²) in [5, 5.41) is 6.46. The number of alkyl carbamates (subject to hydrolysis) is 1. The summed E-state index contributed by atoms with van der Waals surface area (Å²) in [6.45, 7) is 11.8. The first-order chi connectivity index (χ1) is 12.9. The largest absolute Gasteiger partial charge is 0.444 e. The quantitative estimate of drug-likeness (QED) is 0.615. The molecule has 152 valence electrons. The van der Waals surface area contributed by atoms with Crippen LogP contribution < -0.4 is 10.6 Å². The molecule has 0 saturated carbocycles. The minimum absolute atomic E-state index is 0.307. The van der Waals surface area contributed by atoms with Gasteiger partial charge in [-0.05, 0) is 71.0 Å². The third kappa shape index (κ3) is 9.78. The molecule has 1 aromatic carbocycles. The molecule has 27 heavy (non-hydrogen) atoms. The van der Waals surface area contributed by atoms with Crippen molar-refractivity contribution in [2.45, 2.75) is 52.1 Å². The predicted octanol–water partition coefficient (Wildman–Crippen LogP) is 3.45. The Hall–Kier alpha value is -1.59. The highest BCUT2D eigenvalue weighted by atomic mass is 16.6. The van der Waals surface area contributed by atoms with Crippen molar-refractivity contribution in [1.29, 1.82) is 0 Å². The Morgan fingerprint density at radius 2 is 1.96 bits per heavy atom. The molecule has 0 unspecified atom stereocenters. The second kappa shape index (κ2) is 11.3. The van der Waals surface area contributed by atoms with Crippen LogP contribution in [0, 0.1) is 5.92 Å². The summed E-state index contributed by atoms with van der Waals surface area (Å²) in [5.74, 6) is 0.531. The van der Waals surface area contributed by atoms with Crippen LogP contribution >= 0.6 is 0 Å². The molecule has 1 atom stereocenters. The van der Waals surface area contributed by atoms with E-state index in [1.165, 1.54) is 24.8 Å². The number of hydrogen-bond acceptors (Lipinski definition) is 4. The maximum atomic E-state index is 11.7. The van der Waals surface area contributed by atoms with Gasteiger partial charge in [0.1, 0.15) is 5.60 Å². The first-order valence-electron chi connectivity index (χ1n) is 10.4. The smallest absolute Gasteiger partial charge is 0.407 e. The minimum Gasteiger partial charge on any atom is -0.444 e. The monoisotopic (exact) mass is 375 g/mol. The molecule has 1 aliphatic heterocycles. The molecule has 0 aliphatic carbocycles. The zero-order chi connectivity index (χ0) is 19.5. The summed E-state index contributed by atoms with van der Waals surface area (Å²) < 4.78 is 5.29. The van der Waals surface area contributed by atoms with E-state index < -0.39 is 5.60 Å². The lowest BCUT2D eigenvalue weighted by Gasteiger charge is -2.21. The summed E-state index contributed by atoms with van der Waals surface area (Å²) >= 11 is 0. The normalized spacial score (nSPS) is 17.8. The molecule has 0 spiro atoms. The van der Waals surface area contributed by atoms with E-state index in [0.29, 0.717) is 12.5 Å². The Labute approximate surface area is 164 Å². The van der Waals surface area contributed by atoms with E-state index in [4.69, 9.17) is 4.74 Å². The number of nitrogens with zero attached hydrogens (tertiary/aromatic N) is 1. The summed E-state index contributed by atoms with van der Waals surface area (Å²) in [5.41, 5.74) is 0.999. The maximum absolute atomic E-state index is 11.7. The zero-order valence-electron chi connectivity index (χ0n) is 17.3. The molecule has 1 aliphatic rings. The molecule has 0 bridgehead atoms. The Balaban J connectivity index is 1.45. The van der Waals surface area contributed by atoms with Crippen LogP contribution in [0.2, 0.25) is 0 Å². The van der Waals surface area contributed by atoms with Crippen LogP contribution in [-0.2, 0) is 11.2 Å². The predicted molar refractivity (Wildman–Crippen MR) is 111 cm³/mol. The zero-order valence-corrected chi connectivity index (χ0v) is 17.3. The molecular weight excluding hydrogens is 338 g/mol. The molecule has 0 radical (unpaired) electrons. The molecule has 1 amide bonds. The molecular formula is C22H37N3O2. The van der Waals surface area contributed by atoms with Crippen LogP contribution in [0.15, 0.2) is 30.3 Å². The van der Waals surface area contributed by atoms with Gasteiger partial charge in [0.15, 0.2) is 0 Å². The number of carbonyl (C=O) groups is 1. The number of benzene rings is 1. The number of carbonyl (C=O) groups excluding carboxylic acids is 1. The lowest BCUT2D eigenvalue weighted by atomic mass is 10.1. The van der Waals surface area contributed by atoms with Gasteiger partial charge in [-0.15, -0.1) is 0 Å². The summed E-state index contributed by atoms with van der Waals surface area (Å²) in [7, 11) is 0. The number of likely N-dealkylation sites (tertiary alicyclic amines) is 1. The van der Waals surface area contributed by atoms with Crippen LogP contribution in [-0.4, -0.2) is 55.9 Å². The molecule has 1 fully saturated rings. The molecule has 2 N–H and O–H groups in total. The molecule has 0 aromatic heterocycles. The Bertz CT molecular complexity index is 542. The Morgan fingerprint density at radius 1 is 1.19 bits per heavy atom. The first-order valence-corrected chi connectivity index (χ1v) is 10.4. The van der Waals surface area contributed by atoms with Gasteiger partial charge in [0.2, 0.25) is 0 Å². The molecule has 1 aromatic rings. The number of aryl methyl sites for hydroxylation is 1. The van der Waals surface area contributed by atoms with Crippen molar-refractivity contribution in [1.82, 2.24) is 15.5 Å². The van der Waals surface area contributed by atoms with E-state index in [-0.39, 0.29) is 6.09 Å². The van der Waals surface area contributed by atoms with Crippen molar-refractivity contribution < 1.29 is 9.53 Å². The van der Waals surface area contributed by atoms with Crippen LogP contribution in [0.3, 0.4) is 0 Å². The van der Waals surface area contributed by atoms with Gasteiger partial charge in [0.25, 0.3) is 0 Å². The van der Waals surface area contributed by atoms with Gasteiger partial charge >= 0.3 is 6.09 Å². The van der Waals surface area contributed by atoms with E-state index in [0.717, 1.165) is 39.1 Å². The lowest BCUT2D eigenvalue weighted by Crippen LogP contribution is -2.36. The summed E-state index contributed by atoms with van der Waals surface area (Å²) in [6.07, 6.45) is 4.46. The van der Waals surface area contributed by atoms with Crippen molar-refractivity contribution in [2.24, 2.45) is 5.92 Å². The lowest BCUT2D eigenvalue weighted by molar-refractivity contribution is 0.0519. The number of ether oxygens (including phenoxy) is 1. The highest BCUT2D eigenvalue weighted by Gasteiger charge is 2.23. The van der Waals surface area contributed by atoms with E-state index in [1.54, 1.807) is 0 Å². The van der Waals surface area contributed by atoms with Crippen LogP contribution in [0.4, 0.5) is 4.79 Å². The van der Waals surface area contributed by atoms with E-state index in [1.807, 2.05) is 20.8 Å². The second-order valence-corrected chi connectivity index (χ2v) is 8.53. The average Bonchev–Trinajstić information content (AvgIpc) is 3.06. The van der Waals surface area contributed by atoms with Gasteiger partial charge in [0, 0.05) is 26.2 Å². The van der Waals surface area contributed by atoms with Crippen molar-refractivity contribution in [3.8, 4) is 0 Å². The van der Waals surface area contributed by atoms with Crippen molar-refractivity contribution in [2.75, 3.05) is 39.3 Å². The number of hydrogen-bond donors (Lipinski definition) is 2. The van der Waals surface area contributed by atoms with Gasteiger partial charge in [-0.25, -0.2) is 4.79 Å². The van der Waals surface area contributed by atoms with Gasteiger partial charge in [-0.1, -0.05) is 30.3 Å². The second-order valence-electron chi connectivity index (χ2n) is 8.53. The maximum Gasteiger partial charge on any atom is 0.407 e. The van der Waals surface area contributed by atoms with Crippen LogP contribution in [0.5, 0.6) is 0 Å². The van der Waals surface area contributed by atoms with Crippen LogP contribution in [0.25, 0.3) is 0 Å². The fraction of sp³-hybridized carbons (Fsp3) is 0.682. The Morgan fingerprint density at radius 3 is 2.70 bits per heavy atom. The standard InChI is InChI=1S/C22H37N3O2/c1-22(2,3)27-21(26)24-17-20-12-15-25(18-20)16-14-23-13-8-7-11-19-9-5-4-6-10-19/h4-6,9-10,20,23H,7-8,11-18H2,1-3H3,(H,24,26)/t20-/m1/s1. The van der Waals surface area contributed by atoms with Gasteiger partial charge in [-0.3, -0.25) is 0 Å². The first kappa shape index (κ1) is 21.7. The molecule has 5 nitrogen and oxygen atoms in total. The topological polar surface area (TPSA) is 53.6 Å². The van der Waals surface area contributed by atoms with Crippen molar-refractivity contribution in [3.05, 3.63) is 35.9 Å². The number of rotatable bonds is 10. The van der Waals surface area contributed by atoms with Crippen molar-refractivity contribution >= 4 is 6.09 Å². The number of unbranched alkanes of at least 4 members (excludes halogenated alkanes) is 1. The molecule has 2 rings (SSSR count). The third-order valence-corrected chi connectivity index (χ3v) is 4.82.